The van der Waals surface area contributed by atoms with Crippen molar-refractivity contribution in [3.05, 3.63) is 69.6 Å². The van der Waals surface area contributed by atoms with E-state index in [9.17, 15) is 19.2 Å². The SMILES string of the molecule is CCn1nc(C(=O)OC(C)C(=O)c2ccc3c(c2)CCN3C(C)=O)c2ccccc2c1=O. The Kier molecular flexibility index (Phi) is 5.61. The number of hydrogen-bond donors (Lipinski definition) is 0. The molecule has 8 heteroatoms. The first-order valence-electron chi connectivity index (χ1n) is 10.5. The third-order valence-corrected chi connectivity index (χ3v) is 5.65. The van der Waals surface area contributed by atoms with Crippen LogP contribution < -0.4 is 10.5 Å². The van der Waals surface area contributed by atoms with Crippen molar-refractivity contribution in [1.29, 1.82) is 0 Å². The van der Waals surface area contributed by atoms with Crippen LogP contribution in [0.1, 0.15) is 47.2 Å². The summed E-state index contributed by atoms with van der Waals surface area (Å²) in [5.74, 6) is -1.16. The number of aromatic nitrogens is 2. The molecule has 8 nitrogen and oxygen atoms in total. The molecule has 0 radical (unpaired) electrons. The number of esters is 1. The summed E-state index contributed by atoms with van der Waals surface area (Å²) in [6.45, 7) is 5.65. The normalized spacial score (nSPS) is 13.7. The molecule has 1 aromatic heterocycles. The molecule has 2 aromatic carbocycles. The van der Waals surface area contributed by atoms with Gasteiger partial charge in [-0.05, 0) is 50.1 Å². The lowest BCUT2D eigenvalue weighted by atomic mass is 10.0. The van der Waals surface area contributed by atoms with Crippen LogP contribution >= 0.6 is 0 Å². The van der Waals surface area contributed by atoms with Crippen LogP contribution in [0.15, 0.2) is 47.3 Å². The summed E-state index contributed by atoms with van der Waals surface area (Å²) in [5.41, 5.74) is 1.82. The van der Waals surface area contributed by atoms with Gasteiger partial charge in [0.2, 0.25) is 11.7 Å². The van der Waals surface area contributed by atoms with Gasteiger partial charge in [0.15, 0.2) is 11.8 Å². The standard InChI is InChI=1S/C24H23N3O5/c1-4-27-23(30)19-8-6-5-7-18(19)21(25-27)24(31)32-14(2)22(29)17-9-10-20-16(13-17)11-12-26(20)15(3)28/h5-10,13-14H,4,11-12H2,1-3H3. The lowest BCUT2D eigenvalue weighted by molar-refractivity contribution is -0.116. The van der Waals surface area contributed by atoms with E-state index in [0.29, 0.717) is 35.8 Å². The van der Waals surface area contributed by atoms with Gasteiger partial charge < -0.3 is 9.64 Å². The number of carbonyl (C=O) groups excluding carboxylic acids is 3. The number of ether oxygens (including phenoxy) is 1. The number of fused-ring (bicyclic) bond motifs is 2. The number of ketones is 1. The summed E-state index contributed by atoms with van der Waals surface area (Å²) >= 11 is 0. The van der Waals surface area contributed by atoms with Crippen molar-refractivity contribution in [3.8, 4) is 0 Å². The van der Waals surface area contributed by atoms with E-state index in [2.05, 4.69) is 5.10 Å². The Labute approximate surface area is 184 Å². The van der Waals surface area contributed by atoms with Gasteiger partial charge in [0, 0.05) is 36.7 Å². The molecular weight excluding hydrogens is 410 g/mol. The minimum atomic E-state index is -1.05. The number of nitrogens with zero attached hydrogens (tertiary/aromatic N) is 3. The molecule has 1 amide bonds. The van der Waals surface area contributed by atoms with Gasteiger partial charge in [-0.2, -0.15) is 5.10 Å². The van der Waals surface area contributed by atoms with Crippen molar-refractivity contribution in [2.75, 3.05) is 11.4 Å². The fraction of sp³-hybridized carbons (Fsp3) is 0.292. The average molecular weight is 433 g/mol. The molecule has 1 aliphatic rings. The maximum Gasteiger partial charge on any atom is 0.360 e. The third-order valence-electron chi connectivity index (χ3n) is 5.65. The first kappa shape index (κ1) is 21.4. The van der Waals surface area contributed by atoms with Crippen LogP contribution in [0, 0.1) is 0 Å². The number of aryl methyl sites for hydroxylation is 1. The summed E-state index contributed by atoms with van der Waals surface area (Å²) in [6.07, 6.45) is -0.382. The first-order valence-corrected chi connectivity index (χ1v) is 10.5. The maximum atomic E-state index is 12.9. The predicted molar refractivity (Wildman–Crippen MR) is 119 cm³/mol. The second-order valence-corrected chi connectivity index (χ2v) is 7.69. The molecule has 0 N–H and O–H groups in total. The van der Waals surface area contributed by atoms with Gasteiger partial charge in [0.05, 0.1) is 5.39 Å². The topological polar surface area (TPSA) is 98.6 Å². The molecule has 1 aliphatic heterocycles. The highest BCUT2D eigenvalue weighted by molar-refractivity contribution is 6.05. The fourth-order valence-electron chi connectivity index (χ4n) is 3.99. The molecule has 0 fully saturated rings. The Balaban J connectivity index is 1.59. The highest BCUT2D eigenvalue weighted by Crippen LogP contribution is 2.29. The Bertz CT molecular complexity index is 1310. The van der Waals surface area contributed by atoms with Crippen LogP contribution in [0.5, 0.6) is 0 Å². The number of benzene rings is 2. The number of hydrogen-bond acceptors (Lipinski definition) is 6. The van der Waals surface area contributed by atoms with E-state index in [-0.39, 0.29) is 22.9 Å². The van der Waals surface area contributed by atoms with E-state index in [1.807, 2.05) is 0 Å². The van der Waals surface area contributed by atoms with Gasteiger partial charge in [-0.3, -0.25) is 14.4 Å². The van der Waals surface area contributed by atoms with Gasteiger partial charge >= 0.3 is 5.97 Å². The summed E-state index contributed by atoms with van der Waals surface area (Å²) in [4.78, 5) is 51.7. The molecule has 0 aliphatic carbocycles. The van der Waals surface area contributed by atoms with Gasteiger partial charge in [-0.25, -0.2) is 9.48 Å². The summed E-state index contributed by atoms with van der Waals surface area (Å²) in [5, 5.41) is 4.90. The summed E-state index contributed by atoms with van der Waals surface area (Å²) < 4.78 is 6.65. The number of carbonyl (C=O) groups is 3. The van der Waals surface area contributed by atoms with Crippen molar-refractivity contribution >= 4 is 34.1 Å². The second kappa shape index (κ2) is 8.37. The monoisotopic (exact) mass is 433 g/mol. The van der Waals surface area contributed by atoms with Crippen LogP contribution in [-0.4, -0.2) is 40.1 Å². The summed E-state index contributed by atoms with van der Waals surface area (Å²) in [6, 6.07) is 11.8. The predicted octanol–water partition coefficient (Wildman–Crippen LogP) is 2.75. The molecule has 0 spiro atoms. The van der Waals surface area contributed by atoms with Crippen LogP contribution in [0.2, 0.25) is 0 Å². The zero-order chi connectivity index (χ0) is 23.0. The van der Waals surface area contributed by atoms with Crippen LogP contribution in [0.4, 0.5) is 5.69 Å². The molecule has 4 rings (SSSR count). The zero-order valence-corrected chi connectivity index (χ0v) is 18.1. The van der Waals surface area contributed by atoms with E-state index in [1.54, 1.807) is 54.3 Å². The van der Waals surface area contributed by atoms with E-state index in [1.165, 1.54) is 18.5 Å². The van der Waals surface area contributed by atoms with Crippen molar-refractivity contribution in [2.24, 2.45) is 0 Å². The third kappa shape index (κ3) is 3.68. The highest BCUT2D eigenvalue weighted by Gasteiger charge is 2.27. The largest absolute Gasteiger partial charge is 0.449 e. The van der Waals surface area contributed by atoms with Crippen molar-refractivity contribution in [2.45, 2.75) is 39.8 Å². The van der Waals surface area contributed by atoms with Crippen LogP contribution in [-0.2, 0) is 22.5 Å². The molecule has 1 atom stereocenters. The minimum absolute atomic E-state index is 0.00671. The summed E-state index contributed by atoms with van der Waals surface area (Å²) in [7, 11) is 0. The molecule has 3 aromatic rings. The fourth-order valence-corrected chi connectivity index (χ4v) is 3.99. The van der Waals surface area contributed by atoms with E-state index >= 15 is 0 Å². The Morgan fingerprint density at radius 2 is 1.84 bits per heavy atom. The average Bonchev–Trinajstić information content (AvgIpc) is 3.22. The van der Waals surface area contributed by atoms with Gasteiger partial charge in [0.1, 0.15) is 0 Å². The molecule has 164 valence electrons. The molecule has 2 heterocycles. The molecule has 0 saturated heterocycles. The number of rotatable bonds is 5. The van der Waals surface area contributed by atoms with Crippen LogP contribution in [0.25, 0.3) is 10.8 Å². The minimum Gasteiger partial charge on any atom is -0.449 e. The molecule has 0 saturated carbocycles. The molecule has 0 bridgehead atoms. The lowest BCUT2D eigenvalue weighted by Crippen LogP contribution is -2.29. The Morgan fingerprint density at radius 3 is 2.53 bits per heavy atom. The smallest absolute Gasteiger partial charge is 0.360 e. The van der Waals surface area contributed by atoms with Gasteiger partial charge in [-0.15, -0.1) is 0 Å². The van der Waals surface area contributed by atoms with E-state index in [0.717, 1.165) is 11.3 Å². The van der Waals surface area contributed by atoms with E-state index in [4.69, 9.17) is 4.74 Å². The van der Waals surface area contributed by atoms with Crippen LogP contribution in [0.3, 0.4) is 0 Å². The van der Waals surface area contributed by atoms with Gasteiger partial charge in [-0.1, -0.05) is 18.2 Å². The zero-order valence-electron chi connectivity index (χ0n) is 18.1. The Morgan fingerprint density at radius 1 is 1.12 bits per heavy atom. The lowest BCUT2D eigenvalue weighted by Gasteiger charge is -2.16. The number of anilines is 1. The first-order chi connectivity index (χ1) is 15.3. The highest BCUT2D eigenvalue weighted by atomic mass is 16.5. The quantitative estimate of drug-likeness (QED) is 0.453. The second-order valence-electron chi connectivity index (χ2n) is 7.69. The van der Waals surface area contributed by atoms with E-state index < -0.39 is 12.1 Å². The van der Waals surface area contributed by atoms with Crippen molar-refractivity contribution in [1.82, 2.24) is 9.78 Å². The van der Waals surface area contributed by atoms with Crippen molar-refractivity contribution < 1.29 is 19.1 Å². The number of Topliss-reactive ketones (excluding diaryl/α,β-unsaturated/α-hetero) is 1. The molecular formula is C24H23N3O5. The molecule has 32 heavy (non-hydrogen) atoms. The maximum absolute atomic E-state index is 12.9. The van der Waals surface area contributed by atoms with Crippen molar-refractivity contribution in [3.63, 3.8) is 0 Å². The Hall–Kier alpha value is -3.81. The van der Waals surface area contributed by atoms with Gasteiger partial charge in [0.25, 0.3) is 5.56 Å². The number of amides is 1. The molecule has 1 unspecified atom stereocenters.